The zero-order valence-electron chi connectivity index (χ0n) is 9.78. The van der Waals surface area contributed by atoms with Gasteiger partial charge in [0.15, 0.2) is 6.29 Å². The lowest BCUT2D eigenvalue weighted by Gasteiger charge is -2.41. The van der Waals surface area contributed by atoms with Crippen LogP contribution in [0.5, 0.6) is 0 Å². The summed E-state index contributed by atoms with van der Waals surface area (Å²) < 4.78 is 13.9. The van der Waals surface area contributed by atoms with E-state index in [-0.39, 0.29) is 16.5 Å². The van der Waals surface area contributed by atoms with Crippen molar-refractivity contribution in [3.8, 4) is 0 Å². The van der Waals surface area contributed by atoms with E-state index in [4.69, 9.17) is 9.47 Å². The van der Waals surface area contributed by atoms with Crippen molar-refractivity contribution in [3.05, 3.63) is 4.91 Å². The fourth-order valence-electron chi connectivity index (χ4n) is 1.45. The van der Waals surface area contributed by atoms with Crippen molar-refractivity contribution < 1.29 is 9.47 Å². The van der Waals surface area contributed by atoms with Crippen molar-refractivity contribution in [2.75, 3.05) is 13.2 Å². The summed E-state index contributed by atoms with van der Waals surface area (Å²) in [5.41, 5.74) is -0.0286. The standard InChI is InChI=1S/C10H19NO3S/c1-5-10(15-11-12)6-13-8(14-7-10)9(2,3)4/h8H,5-7H2,1-4H3. The second-order valence-electron chi connectivity index (χ2n) is 5.02. The molecule has 4 nitrogen and oxygen atoms in total. The molecule has 0 bridgehead atoms. The Morgan fingerprint density at radius 1 is 1.40 bits per heavy atom. The van der Waals surface area contributed by atoms with Crippen LogP contribution in [0.4, 0.5) is 0 Å². The van der Waals surface area contributed by atoms with Gasteiger partial charge in [-0.15, -0.1) is 4.91 Å². The highest BCUT2D eigenvalue weighted by Gasteiger charge is 2.40. The van der Waals surface area contributed by atoms with E-state index in [2.05, 4.69) is 25.4 Å². The predicted octanol–water partition coefficient (Wildman–Crippen LogP) is 2.97. The van der Waals surface area contributed by atoms with Crippen molar-refractivity contribution in [2.45, 2.75) is 45.2 Å². The fourth-order valence-corrected chi connectivity index (χ4v) is 1.97. The number of ether oxygens (including phenoxy) is 2. The average Bonchev–Trinajstić information content (AvgIpc) is 2.17. The first-order chi connectivity index (χ1) is 6.93. The van der Waals surface area contributed by atoms with Crippen LogP contribution in [0.15, 0.2) is 4.58 Å². The average molecular weight is 233 g/mol. The van der Waals surface area contributed by atoms with Gasteiger partial charge in [0.25, 0.3) is 0 Å². The molecule has 5 heteroatoms. The summed E-state index contributed by atoms with van der Waals surface area (Å²) in [6.07, 6.45) is 0.629. The monoisotopic (exact) mass is 233 g/mol. The van der Waals surface area contributed by atoms with E-state index in [1.54, 1.807) is 0 Å². The number of rotatable bonds is 3. The number of hydrogen-bond acceptors (Lipinski definition) is 5. The Balaban J connectivity index is 2.57. The van der Waals surface area contributed by atoms with Gasteiger partial charge in [0.05, 0.1) is 18.0 Å². The summed E-state index contributed by atoms with van der Waals surface area (Å²) in [6, 6.07) is 0. The third-order valence-electron chi connectivity index (χ3n) is 2.58. The normalized spacial score (nSPS) is 32.7. The highest BCUT2D eigenvalue weighted by Crippen LogP contribution is 2.37. The van der Waals surface area contributed by atoms with Crippen molar-refractivity contribution in [3.63, 3.8) is 0 Å². The number of nitrogens with zero attached hydrogens (tertiary/aromatic N) is 1. The molecule has 0 N–H and O–H groups in total. The van der Waals surface area contributed by atoms with Gasteiger partial charge in [0.1, 0.15) is 0 Å². The van der Waals surface area contributed by atoms with Gasteiger partial charge in [-0.25, -0.2) is 0 Å². The minimum atomic E-state index is -0.288. The van der Waals surface area contributed by atoms with Crippen molar-refractivity contribution in [1.29, 1.82) is 0 Å². The largest absolute Gasteiger partial charge is 0.350 e. The van der Waals surface area contributed by atoms with E-state index in [1.807, 2.05) is 6.92 Å². The Hall–Kier alpha value is -0.130. The molecule has 0 saturated carbocycles. The molecule has 1 saturated heterocycles. The molecule has 1 heterocycles. The summed E-state index contributed by atoms with van der Waals surface area (Å²) in [4.78, 5) is 10.3. The Kier molecular flexibility index (Phi) is 4.14. The second-order valence-corrected chi connectivity index (χ2v) is 6.22. The maximum Gasteiger partial charge on any atom is 0.162 e. The summed E-state index contributed by atoms with van der Waals surface area (Å²) in [5, 5.41) is 0. The van der Waals surface area contributed by atoms with E-state index in [1.165, 1.54) is 0 Å². The Labute approximate surface area is 95.2 Å². The molecular formula is C10H19NO3S. The van der Waals surface area contributed by atoms with Gasteiger partial charge in [-0.2, -0.15) is 0 Å². The first kappa shape index (κ1) is 12.9. The van der Waals surface area contributed by atoms with Gasteiger partial charge in [-0.3, -0.25) is 0 Å². The van der Waals surface area contributed by atoms with Gasteiger partial charge in [0, 0.05) is 21.9 Å². The van der Waals surface area contributed by atoms with Gasteiger partial charge in [-0.1, -0.05) is 27.7 Å². The minimum absolute atomic E-state index is 0.0286. The first-order valence-corrected chi connectivity index (χ1v) is 5.95. The lowest BCUT2D eigenvalue weighted by atomic mass is 9.94. The van der Waals surface area contributed by atoms with Crippen LogP contribution in [0.3, 0.4) is 0 Å². The molecule has 0 aromatic rings. The zero-order chi connectivity index (χ0) is 11.5. The van der Waals surface area contributed by atoms with Crippen LogP contribution in [0, 0.1) is 10.3 Å². The van der Waals surface area contributed by atoms with Crippen molar-refractivity contribution >= 4 is 11.9 Å². The van der Waals surface area contributed by atoms with E-state index >= 15 is 0 Å². The van der Waals surface area contributed by atoms with Crippen molar-refractivity contribution in [1.82, 2.24) is 0 Å². The highest BCUT2D eigenvalue weighted by atomic mass is 32.2. The summed E-state index contributed by atoms with van der Waals surface area (Å²) in [5.74, 6) is 0. The Morgan fingerprint density at radius 2 is 1.93 bits per heavy atom. The Morgan fingerprint density at radius 3 is 2.27 bits per heavy atom. The zero-order valence-corrected chi connectivity index (χ0v) is 10.6. The molecule has 1 aliphatic rings. The maximum absolute atomic E-state index is 10.3. The first-order valence-electron chi connectivity index (χ1n) is 5.17. The van der Waals surface area contributed by atoms with Gasteiger partial charge < -0.3 is 9.47 Å². The second kappa shape index (κ2) is 4.80. The predicted molar refractivity (Wildman–Crippen MR) is 61.6 cm³/mol. The molecular weight excluding hydrogens is 214 g/mol. The molecule has 0 unspecified atom stereocenters. The molecule has 0 radical (unpaired) electrons. The SMILES string of the molecule is CCC1(SN=O)COC(C(C)(C)C)OC1. The van der Waals surface area contributed by atoms with Crippen LogP contribution in [0.25, 0.3) is 0 Å². The summed E-state index contributed by atoms with van der Waals surface area (Å²) in [6.45, 7) is 9.29. The van der Waals surface area contributed by atoms with Crippen LogP contribution in [-0.4, -0.2) is 24.3 Å². The lowest BCUT2D eigenvalue weighted by molar-refractivity contribution is -0.235. The van der Waals surface area contributed by atoms with Crippen LogP contribution in [0.1, 0.15) is 34.1 Å². The molecule has 0 aromatic carbocycles. The molecule has 1 fully saturated rings. The smallest absolute Gasteiger partial charge is 0.162 e. The van der Waals surface area contributed by atoms with Gasteiger partial charge in [-0.05, 0) is 6.42 Å². The van der Waals surface area contributed by atoms with Crippen LogP contribution in [-0.2, 0) is 9.47 Å². The molecule has 1 aliphatic heterocycles. The molecule has 0 aromatic heterocycles. The van der Waals surface area contributed by atoms with E-state index in [0.29, 0.717) is 13.2 Å². The topological polar surface area (TPSA) is 47.9 Å². The molecule has 15 heavy (non-hydrogen) atoms. The van der Waals surface area contributed by atoms with Crippen LogP contribution >= 0.6 is 11.9 Å². The number of hydrogen-bond donors (Lipinski definition) is 0. The van der Waals surface area contributed by atoms with Gasteiger partial charge in [0.2, 0.25) is 0 Å². The quantitative estimate of drug-likeness (QED) is 0.555. The molecule has 0 amide bonds. The summed E-state index contributed by atoms with van der Waals surface area (Å²) in [7, 11) is 0. The van der Waals surface area contributed by atoms with Crippen LogP contribution < -0.4 is 0 Å². The lowest BCUT2D eigenvalue weighted by Crippen LogP contribution is -2.48. The molecule has 0 spiro atoms. The van der Waals surface area contributed by atoms with E-state index in [0.717, 1.165) is 18.4 Å². The number of nitroso groups, excluding NO2 is 1. The van der Waals surface area contributed by atoms with E-state index in [9.17, 15) is 4.91 Å². The fraction of sp³-hybridized carbons (Fsp3) is 1.00. The third-order valence-corrected chi connectivity index (χ3v) is 3.56. The molecule has 0 atom stereocenters. The van der Waals surface area contributed by atoms with Crippen molar-refractivity contribution in [2.24, 2.45) is 10.00 Å². The molecule has 1 rings (SSSR count). The molecule has 88 valence electrons. The van der Waals surface area contributed by atoms with E-state index < -0.39 is 0 Å². The Bertz CT molecular complexity index is 219. The highest BCUT2D eigenvalue weighted by molar-refractivity contribution is 7.99. The summed E-state index contributed by atoms with van der Waals surface area (Å²) >= 11 is 1.03. The molecule has 0 aliphatic carbocycles. The van der Waals surface area contributed by atoms with Crippen LogP contribution in [0.2, 0.25) is 0 Å². The van der Waals surface area contributed by atoms with Gasteiger partial charge >= 0.3 is 0 Å². The minimum Gasteiger partial charge on any atom is -0.350 e. The third kappa shape index (κ3) is 3.16. The maximum atomic E-state index is 10.3.